The van der Waals surface area contributed by atoms with Gasteiger partial charge >= 0.3 is 13.8 Å². The van der Waals surface area contributed by atoms with Crippen LogP contribution >= 0.6 is 7.82 Å². The molecule has 1 aliphatic heterocycles. The summed E-state index contributed by atoms with van der Waals surface area (Å²) in [5.74, 6) is -1.53. The fraction of sp³-hybridized carbons (Fsp3) is 0.227. The predicted molar refractivity (Wildman–Crippen MR) is 113 cm³/mol. The van der Waals surface area contributed by atoms with E-state index in [2.05, 4.69) is 4.52 Å². The predicted octanol–water partition coefficient (Wildman–Crippen LogP) is 1.77. The molecule has 12 heteroatoms. The maximum absolute atomic E-state index is 12.5. The lowest BCUT2D eigenvalue weighted by molar-refractivity contribution is -0.148. The van der Waals surface area contributed by atoms with Crippen molar-refractivity contribution < 1.29 is 43.0 Å². The number of rotatable bonds is 10. The molecule has 0 aliphatic carbocycles. The molecule has 3 rings (SSSR count). The van der Waals surface area contributed by atoms with Crippen molar-refractivity contribution in [1.29, 1.82) is 10.5 Å². The molecule has 0 radical (unpaired) electrons. The fourth-order valence-electron chi connectivity index (χ4n) is 3.00. The summed E-state index contributed by atoms with van der Waals surface area (Å²) in [7, 11) is -5.04. The van der Waals surface area contributed by atoms with Gasteiger partial charge in [0.2, 0.25) is 5.76 Å². The molecule has 0 spiro atoms. The average Bonchev–Trinajstić information content (AvgIpc) is 3.14. The number of ether oxygens (including phenoxy) is 3. The third kappa shape index (κ3) is 6.42. The molecule has 3 N–H and O–H groups in total. The van der Waals surface area contributed by atoms with E-state index in [9.17, 15) is 14.5 Å². The van der Waals surface area contributed by atoms with E-state index in [1.165, 1.54) is 0 Å². The Bertz CT molecular complexity index is 1190. The van der Waals surface area contributed by atoms with Gasteiger partial charge in [-0.3, -0.25) is 4.52 Å². The summed E-state index contributed by atoms with van der Waals surface area (Å²) in [5.41, 5.74) is 2.11. The molecule has 2 unspecified atom stereocenters. The summed E-state index contributed by atoms with van der Waals surface area (Å²) in [5, 5.41) is 27.4. The van der Waals surface area contributed by atoms with Crippen molar-refractivity contribution in [1.82, 2.24) is 0 Å². The van der Waals surface area contributed by atoms with Crippen molar-refractivity contribution in [2.75, 3.05) is 6.61 Å². The van der Waals surface area contributed by atoms with Crippen LogP contribution in [-0.4, -0.2) is 39.7 Å². The van der Waals surface area contributed by atoms with Crippen LogP contribution in [0, 0.1) is 22.7 Å². The zero-order valence-electron chi connectivity index (χ0n) is 17.5. The number of hydrogen-bond acceptors (Lipinski definition) is 9. The molecule has 11 nitrogen and oxygen atoms in total. The molecule has 176 valence electrons. The zero-order valence-corrected chi connectivity index (χ0v) is 18.4. The summed E-state index contributed by atoms with van der Waals surface area (Å²) in [6.07, 6.45) is -3.11. The first kappa shape index (κ1) is 24.9. The van der Waals surface area contributed by atoms with Crippen LogP contribution in [0.3, 0.4) is 0 Å². The SMILES string of the molecule is N#Cc1ccc(COC2=C(OCc3ccc(C#N)cc3)C(C(CO)OP(=O)(O)O)OC2=O)cc1. The van der Waals surface area contributed by atoms with Gasteiger partial charge in [-0.25, -0.2) is 9.36 Å². The normalized spacial score (nSPS) is 16.4. The van der Waals surface area contributed by atoms with Crippen molar-refractivity contribution in [3.63, 3.8) is 0 Å². The highest BCUT2D eigenvalue weighted by molar-refractivity contribution is 7.46. The van der Waals surface area contributed by atoms with E-state index in [-0.39, 0.29) is 24.7 Å². The van der Waals surface area contributed by atoms with Crippen LogP contribution < -0.4 is 0 Å². The van der Waals surface area contributed by atoms with E-state index in [4.69, 9.17) is 34.5 Å². The second-order valence-electron chi connectivity index (χ2n) is 7.03. The molecule has 0 saturated heterocycles. The van der Waals surface area contributed by atoms with E-state index in [0.717, 1.165) is 0 Å². The molecular formula is C22H19N2O9P. The maximum Gasteiger partial charge on any atom is 0.470 e. The number of nitriles is 2. The molecule has 0 bridgehead atoms. The first-order chi connectivity index (χ1) is 16.2. The number of aliphatic hydroxyl groups excluding tert-OH is 1. The Balaban J connectivity index is 1.86. The number of phosphoric ester groups is 1. The largest absolute Gasteiger partial charge is 0.485 e. The highest BCUT2D eigenvalue weighted by Gasteiger charge is 2.45. The number of phosphoric acid groups is 1. The zero-order chi connectivity index (χ0) is 24.7. The van der Waals surface area contributed by atoms with Crippen molar-refractivity contribution in [3.05, 3.63) is 82.3 Å². The van der Waals surface area contributed by atoms with Gasteiger partial charge in [0.1, 0.15) is 19.3 Å². The highest BCUT2D eigenvalue weighted by Crippen LogP contribution is 2.41. The first-order valence-corrected chi connectivity index (χ1v) is 11.3. The minimum atomic E-state index is -5.04. The summed E-state index contributed by atoms with van der Waals surface area (Å²) >= 11 is 0. The first-order valence-electron chi connectivity index (χ1n) is 9.77. The van der Waals surface area contributed by atoms with Gasteiger partial charge < -0.3 is 29.1 Å². The number of carbonyl (C=O) groups is 1. The Morgan fingerprint density at radius 1 is 0.941 bits per heavy atom. The number of aliphatic hydroxyl groups is 1. The van der Waals surface area contributed by atoms with Crippen LogP contribution in [0.15, 0.2) is 60.0 Å². The molecule has 1 aliphatic rings. The summed E-state index contributed by atoms with van der Waals surface area (Å²) in [6.45, 7) is -1.10. The molecule has 34 heavy (non-hydrogen) atoms. The Morgan fingerprint density at radius 3 is 1.88 bits per heavy atom. The smallest absolute Gasteiger partial charge is 0.470 e. The molecule has 2 aromatic carbocycles. The number of esters is 1. The van der Waals surface area contributed by atoms with E-state index >= 15 is 0 Å². The van der Waals surface area contributed by atoms with Gasteiger partial charge in [0.15, 0.2) is 11.9 Å². The van der Waals surface area contributed by atoms with Crippen molar-refractivity contribution >= 4 is 13.8 Å². The molecular weight excluding hydrogens is 467 g/mol. The number of hydrogen-bond donors (Lipinski definition) is 3. The lowest BCUT2D eigenvalue weighted by Gasteiger charge is -2.23. The Labute approximate surface area is 194 Å². The van der Waals surface area contributed by atoms with E-state index in [1.54, 1.807) is 48.5 Å². The number of benzene rings is 2. The average molecular weight is 486 g/mol. The van der Waals surface area contributed by atoms with Crippen LogP contribution in [0.4, 0.5) is 0 Å². The maximum atomic E-state index is 12.5. The second kappa shape index (κ2) is 10.9. The van der Waals surface area contributed by atoms with Gasteiger partial charge in [0.25, 0.3) is 0 Å². The molecule has 0 aromatic heterocycles. The van der Waals surface area contributed by atoms with Crippen LogP contribution in [0.2, 0.25) is 0 Å². The number of nitrogens with zero attached hydrogens (tertiary/aromatic N) is 2. The number of carbonyl (C=O) groups excluding carboxylic acids is 1. The van der Waals surface area contributed by atoms with Crippen molar-refractivity contribution in [2.45, 2.75) is 25.4 Å². The molecule has 0 amide bonds. The lowest BCUT2D eigenvalue weighted by atomic mass is 10.1. The van der Waals surface area contributed by atoms with E-state index < -0.39 is 32.6 Å². The van der Waals surface area contributed by atoms with Gasteiger partial charge in [0.05, 0.1) is 29.9 Å². The number of cyclic esters (lactones) is 1. The minimum absolute atomic E-state index is 0.101. The minimum Gasteiger partial charge on any atom is -0.485 e. The van der Waals surface area contributed by atoms with Crippen LogP contribution in [0.1, 0.15) is 22.3 Å². The van der Waals surface area contributed by atoms with Gasteiger partial charge in [0, 0.05) is 0 Å². The molecule has 0 fully saturated rings. The third-order valence-electron chi connectivity index (χ3n) is 4.64. The van der Waals surface area contributed by atoms with Crippen LogP contribution in [0.25, 0.3) is 0 Å². The monoisotopic (exact) mass is 486 g/mol. The molecule has 0 saturated carbocycles. The topological polar surface area (TPSA) is 179 Å². The second-order valence-corrected chi connectivity index (χ2v) is 8.22. The van der Waals surface area contributed by atoms with Gasteiger partial charge in [-0.15, -0.1) is 0 Å². The molecule has 2 atom stereocenters. The lowest BCUT2D eigenvalue weighted by Crippen LogP contribution is -2.34. The fourth-order valence-corrected chi connectivity index (χ4v) is 3.53. The Morgan fingerprint density at radius 2 is 1.44 bits per heavy atom. The van der Waals surface area contributed by atoms with Gasteiger partial charge in [-0.05, 0) is 35.4 Å². The summed E-state index contributed by atoms with van der Waals surface area (Å²) in [4.78, 5) is 30.8. The third-order valence-corrected chi connectivity index (χ3v) is 5.18. The van der Waals surface area contributed by atoms with Gasteiger partial charge in [-0.2, -0.15) is 10.5 Å². The van der Waals surface area contributed by atoms with Crippen molar-refractivity contribution in [2.24, 2.45) is 0 Å². The standard InChI is InChI=1S/C22H19N2O9P/c23-9-14-1-5-16(6-2-14)12-30-20-19(18(11-25)33-34(27,28)29)32-22(26)21(20)31-13-17-7-3-15(10-24)4-8-17/h1-8,18-19,25H,11-13H2,(H2,27,28,29). The van der Waals surface area contributed by atoms with E-state index in [1.807, 2.05) is 12.1 Å². The summed E-state index contributed by atoms with van der Waals surface area (Å²) in [6, 6.07) is 16.7. The highest BCUT2D eigenvalue weighted by atomic mass is 31.2. The van der Waals surface area contributed by atoms with E-state index in [0.29, 0.717) is 22.3 Å². The molecule has 1 heterocycles. The Hall–Kier alpha value is -3.70. The van der Waals surface area contributed by atoms with Crippen LogP contribution in [0.5, 0.6) is 0 Å². The molecule has 2 aromatic rings. The van der Waals surface area contributed by atoms with Gasteiger partial charge in [-0.1, -0.05) is 24.3 Å². The quantitative estimate of drug-likeness (QED) is 0.329. The Kier molecular flexibility index (Phi) is 8.03. The van der Waals surface area contributed by atoms with Crippen LogP contribution in [-0.2, 0) is 41.3 Å². The van der Waals surface area contributed by atoms with Crippen molar-refractivity contribution in [3.8, 4) is 12.1 Å². The summed E-state index contributed by atoms with van der Waals surface area (Å²) < 4.78 is 32.4.